The molecule has 5 aliphatic carbocycles. The lowest BCUT2D eigenvalue weighted by Gasteiger charge is -2.68. The Morgan fingerprint density at radius 2 is 1.60 bits per heavy atom. The van der Waals surface area contributed by atoms with E-state index in [-0.39, 0.29) is 16.8 Å². The number of Topliss-reactive ketones (excluding diaryl/α,β-unsaturated/α-hetero) is 1. The normalized spacial score (nSPS) is 51.9. The Balaban J connectivity index is 1.48. The zero-order valence-electron chi connectivity index (χ0n) is 19.9. The number of fused-ring (bicyclic) bond motifs is 7. The average molecular weight is 415 g/mol. The number of hydrogen-bond donors (Lipinski definition) is 0. The number of ether oxygens (including phenoxy) is 1. The number of hydrogen-bond acceptors (Lipinski definition) is 3. The smallest absolute Gasteiger partial charge is 0.312 e. The number of methoxy groups -OCH3 is 1. The van der Waals surface area contributed by atoms with Crippen LogP contribution in [0.3, 0.4) is 0 Å². The summed E-state index contributed by atoms with van der Waals surface area (Å²) in [5, 5.41) is 0. The molecule has 0 saturated heterocycles. The number of carbonyl (C=O) groups is 2. The molecule has 3 nitrogen and oxygen atoms in total. The summed E-state index contributed by atoms with van der Waals surface area (Å²) in [6.45, 7) is 9.62. The molecular formula is C27H42O3. The zero-order valence-corrected chi connectivity index (χ0v) is 19.9. The van der Waals surface area contributed by atoms with Crippen molar-refractivity contribution in [2.24, 2.45) is 51.2 Å². The highest BCUT2D eigenvalue weighted by molar-refractivity contribution is 5.85. The summed E-state index contributed by atoms with van der Waals surface area (Å²) >= 11 is 0. The molecule has 0 aromatic heterocycles. The van der Waals surface area contributed by atoms with Gasteiger partial charge in [0, 0.05) is 11.8 Å². The Morgan fingerprint density at radius 1 is 0.833 bits per heavy atom. The van der Waals surface area contributed by atoms with E-state index in [2.05, 4.69) is 27.7 Å². The summed E-state index contributed by atoms with van der Waals surface area (Å²) < 4.78 is 5.35. The monoisotopic (exact) mass is 414 g/mol. The first-order valence-corrected chi connectivity index (χ1v) is 12.7. The lowest BCUT2D eigenvalue weighted by Crippen LogP contribution is -2.62. The molecule has 0 radical (unpaired) electrons. The Bertz CT molecular complexity index is 755. The van der Waals surface area contributed by atoms with Gasteiger partial charge in [0.05, 0.1) is 12.5 Å². The van der Waals surface area contributed by atoms with E-state index in [1.807, 2.05) is 0 Å². The van der Waals surface area contributed by atoms with Crippen molar-refractivity contribution >= 4 is 11.8 Å². The fourth-order valence-electron chi connectivity index (χ4n) is 10.6. The van der Waals surface area contributed by atoms with Gasteiger partial charge in [-0.15, -0.1) is 0 Å². The first-order chi connectivity index (χ1) is 14.1. The van der Waals surface area contributed by atoms with Gasteiger partial charge in [0.1, 0.15) is 5.78 Å². The molecule has 5 fully saturated rings. The molecule has 8 atom stereocenters. The highest BCUT2D eigenvalue weighted by atomic mass is 16.5. The SMILES string of the molecule is COC(=O)[C@]12CCCC1C1CCC3[C@@](C)(CCC4C(C)(C)C(=O)CC[C@@]43C)C1CC2. The molecule has 0 amide bonds. The van der Waals surface area contributed by atoms with Crippen LogP contribution < -0.4 is 0 Å². The van der Waals surface area contributed by atoms with Gasteiger partial charge in [0.15, 0.2) is 0 Å². The lowest BCUT2D eigenvalue weighted by atomic mass is 9.36. The number of ketones is 1. The second-order valence-electron chi connectivity index (χ2n) is 12.8. The topological polar surface area (TPSA) is 43.4 Å². The molecule has 0 N–H and O–H groups in total. The largest absolute Gasteiger partial charge is 0.469 e. The molecule has 5 unspecified atom stereocenters. The molecule has 5 rings (SSSR count). The van der Waals surface area contributed by atoms with E-state index < -0.39 is 0 Å². The molecule has 5 saturated carbocycles. The number of carbonyl (C=O) groups excluding carboxylic acids is 2. The van der Waals surface area contributed by atoms with Gasteiger partial charge in [-0.2, -0.15) is 0 Å². The molecule has 0 aromatic carbocycles. The minimum atomic E-state index is -0.181. The van der Waals surface area contributed by atoms with E-state index in [0.29, 0.717) is 34.4 Å². The van der Waals surface area contributed by atoms with Crippen molar-refractivity contribution in [2.45, 2.75) is 98.3 Å². The van der Waals surface area contributed by atoms with Crippen molar-refractivity contribution in [3.05, 3.63) is 0 Å². The van der Waals surface area contributed by atoms with Crippen LogP contribution in [0.25, 0.3) is 0 Å². The van der Waals surface area contributed by atoms with E-state index >= 15 is 0 Å². The molecule has 30 heavy (non-hydrogen) atoms. The van der Waals surface area contributed by atoms with Crippen LogP contribution in [0.5, 0.6) is 0 Å². The summed E-state index contributed by atoms with van der Waals surface area (Å²) in [5.41, 5.74) is 0.320. The van der Waals surface area contributed by atoms with Crippen LogP contribution >= 0.6 is 0 Å². The van der Waals surface area contributed by atoms with Crippen LogP contribution in [0.1, 0.15) is 98.3 Å². The third kappa shape index (κ3) is 2.44. The molecule has 0 bridgehead atoms. The van der Waals surface area contributed by atoms with Gasteiger partial charge in [0.25, 0.3) is 0 Å². The first kappa shape index (κ1) is 21.0. The maximum atomic E-state index is 12.9. The second kappa shape index (κ2) is 6.58. The standard InChI is InChI=1S/C27H42O3/c1-24(2)20-11-14-25(3)18-10-16-27(23(29)30-5)13-6-7-19(27)17(18)8-9-21(25)26(20,4)15-12-22(24)28/h17-21H,6-16H2,1-5H3/t17?,18?,19?,20?,21?,25-,26-,27-/m0/s1. The Hall–Kier alpha value is -0.860. The van der Waals surface area contributed by atoms with E-state index in [1.165, 1.54) is 44.9 Å². The molecule has 0 spiro atoms. The van der Waals surface area contributed by atoms with Gasteiger partial charge >= 0.3 is 5.97 Å². The Morgan fingerprint density at radius 3 is 2.33 bits per heavy atom. The van der Waals surface area contributed by atoms with Gasteiger partial charge in [-0.05, 0) is 98.2 Å². The minimum absolute atomic E-state index is 0.0824. The van der Waals surface area contributed by atoms with E-state index in [9.17, 15) is 9.59 Å². The molecule has 168 valence electrons. The number of esters is 1. The van der Waals surface area contributed by atoms with Gasteiger partial charge in [-0.25, -0.2) is 0 Å². The van der Waals surface area contributed by atoms with Crippen LogP contribution in [0.15, 0.2) is 0 Å². The third-order valence-corrected chi connectivity index (χ3v) is 11.9. The van der Waals surface area contributed by atoms with Crippen molar-refractivity contribution in [3.63, 3.8) is 0 Å². The summed E-state index contributed by atoms with van der Waals surface area (Å²) in [4.78, 5) is 25.7. The van der Waals surface area contributed by atoms with E-state index in [0.717, 1.165) is 37.5 Å². The van der Waals surface area contributed by atoms with Crippen molar-refractivity contribution in [1.29, 1.82) is 0 Å². The minimum Gasteiger partial charge on any atom is -0.469 e. The lowest BCUT2D eigenvalue weighted by molar-refractivity contribution is -0.200. The predicted molar refractivity (Wildman–Crippen MR) is 118 cm³/mol. The van der Waals surface area contributed by atoms with Crippen molar-refractivity contribution in [3.8, 4) is 0 Å². The third-order valence-electron chi connectivity index (χ3n) is 11.9. The highest BCUT2D eigenvalue weighted by Gasteiger charge is 2.67. The predicted octanol–water partition coefficient (Wildman–Crippen LogP) is 6.19. The summed E-state index contributed by atoms with van der Waals surface area (Å²) in [6.07, 6.45) is 12.6. The fourth-order valence-corrected chi connectivity index (χ4v) is 10.6. The zero-order chi connectivity index (χ0) is 21.5. The second-order valence-corrected chi connectivity index (χ2v) is 12.8. The molecule has 0 heterocycles. The van der Waals surface area contributed by atoms with Crippen molar-refractivity contribution in [1.82, 2.24) is 0 Å². The van der Waals surface area contributed by atoms with Gasteiger partial charge in [-0.3, -0.25) is 9.59 Å². The summed E-state index contributed by atoms with van der Waals surface area (Å²) in [6, 6.07) is 0. The Kier molecular flexibility index (Phi) is 4.61. The molecule has 0 aromatic rings. The van der Waals surface area contributed by atoms with Gasteiger partial charge in [0.2, 0.25) is 0 Å². The van der Waals surface area contributed by atoms with E-state index in [4.69, 9.17) is 4.74 Å². The van der Waals surface area contributed by atoms with Crippen LogP contribution in [0.4, 0.5) is 0 Å². The fraction of sp³-hybridized carbons (Fsp3) is 0.926. The summed E-state index contributed by atoms with van der Waals surface area (Å²) in [5.74, 6) is 3.81. The highest BCUT2D eigenvalue weighted by Crippen LogP contribution is 2.72. The molecular weight excluding hydrogens is 372 g/mol. The average Bonchev–Trinajstić information content (AvgIpc) is 3.16. The van der Waals surface area contributed by atoms with Gasteiger partial charge < -0.3 is 4.74 Å². The maximum absolute atomic E-state index is 12.9. The van der Waals surface area contributed by atoms with Crippen LogP contribution in [-0.4, -0.2) is 18.9 Å². The van der Waals surface area contributed by atoms with Gasteiger partial charge in [-0.1, -0.05) is 34.1 Å². The van der Waals surface area contributed by atoms with Crippen LogP contribution in [0.2, 0.25) is 0 Å². The first-order valence-electron chi connectivity index (χ1n) is 12.7. The Labute approximate surface area is 183 Å². The number of rotatable bonds is 1. The van der Waals surface area contributed by atoms with Crippen LogP contribution in [-0.2, 0) is 14.3 Å². The van der Waals surface area contributed by atoms with E-state index in [1.54, 1.807) is 7.11 Å². The molecule has 0 aliphatic heterocycles. The van der Waals surface area contributed by atoms with Crippen molar-refractivity contribution in [2.75, 3.05) is 7.11 Å². The quantitative estimate of drug-likeness (QED) is 0.480. The maximum Gasteiger partial charge on any atom is 0.312 e. The molecule has 3 heteroatoms. The van der Waals surface area contributed by atoms with Crippen molar-refractivity contribution < 1.29 is 14.3 Å². The summed E-state index contributed by atoms with van der Waals surface area (Å²) in [7, 11) is 1.59. The molecule has 5 aliphatic rings. The van der Waals surface area contributed by atoms with Crippen LogP contribution in [0, 0.1) is 51.2 Å².